The molecular weight excluding hydrogens is 306 g/mol. The second kappa shape index (κ2) is 6.20. The molecule has 1 N–H and O–H groups in total. The van der Waals surface area contributed by atoms with E-state index in [0.29, 0.717) is 22.4 Å². The van der Waals surface area contributed by atoms with Crippen LogP contribution in [0, 0.1) is 13.8 Å². The SMILES string of the molecule is COc1ccc2c(C(=O)Nc3cc(C)cc(C)c3)cc(=O)oc2c1. The number of rotatable bonds is 3. The molecule has 0 aliphatic rings. The number of hydrogen-bond acceptors (Lipinski definition) is 4. The molecule has 122 valence electrons. The highest BCUT2D eigenvalue weighted by Crippen LogP contribution is 2.23. The van der Waals surface area contributed by atoms with E-state index in [1.165, 1.54) is 13.2 Å². The monoisotopic (exact) mass is 323 g/mol. The Morgan fingerprint density at radius 1 is 1.04 bits per heavy atom. The molecule has 24 heavy (non-hydrogen) atoms. The molecule has 1 heterocycles. The molecule has 0 bridgehead atoms. The number of amides is 1. The minimum absolute atomic E-state index is 0.267. The van der Waals surface area contributed by atoms with Gasteiger partial charge in [-0.1, -0.05) is 6.07 Å². The van der Waals surface area contributed by atoms with Crippen molar-refractivity contribution in [2.24, 2.45) is 0 Å². The quantitative estimate of drug-likeness (QED) is 0.747. The van der Waals surface area contributed by atoms with Crippen LogP contribution in [0.25, 0.3) is 11.0 Å². The molecule has 0 saturated heterocycles. The third-order valence-electron chi connectivity index (χ3n) is 3.68. The Morgan fingerprint density at radius 2 is 1.75 bits per heavy atom. The van der Waals surface area contributed by atoms with Crippen molar-refractivity contribution in [1.82, 2.24) is 0 Å². The number of methoxy groups -OCH3 is 1. The summed E-state index contributed by atoms with van der Waals surface area (Å²) >= 11 is 0. The zero-order valence-corrected chi connectivity index (χ0v) is 13.7. The number of carbonyl (C=O) groups is 1. The van der Waals surface area contributed by atoms with E-state index in [-0.39, 0.29) is 11.5 Å². The molecule has 3 rings (SSSR count). The van der Waals surface area contributed by atoms with Crippen LogP contribution in [-0.2, 0) is 0 Å². The van der Waals surface area contributed by atoms with E-state index in [1.54, 1.807) is 18.2 Å². The molecule has 0 spiro atoms. The maximum atomic E-state index is 12.6. The molecule has 0 aliphatic carbocycles. The Labute approximate surface area is 138 Å². The zero-order chi connectivity index (χ0) is 17.3. The van der Waals surface area contributed by atoms with Gasteiger partial charge in [0.1, 0.15) is 11.3 Å². The molecule has 0 atom stereocenters. The van der Waals surface area contributed by atoms with Gasteiger partial charge in [-0.3, -0.25) is 4.79 Å². The first-order chi connectivity index (χ1) is 11.5. The number of fused-ring (bicyclic) bond motifs is 1. The zero-order valence-electron chi connectivity index (χ0n) is 13.7. The van der Waals surface area contributed by atoms with Crippen molar-refractivity contribution in [1.29, 1.82) is 0 Å². The van der Waals surface area contributed by atoms with Gasteiger partial charge in [0.05, 0.1) is 12.7 Å². The lowest BCUT2D eigenvalue weighted by atomic mass is 10.1. The lowest BCUT2D eigenvalue weighted by Crippen LogP contribution is -2.15. The van der Waals surface area contributed by atoms with Gasteiger partial charge in [0.15, 0.2) is 0 Å². The van der Waals surface area contributed by atoms with Gasteiger partial charge in [0.2, 0.25) is 0 Å². The number of benzene rings is 2. The minimum atomic E-state index is -0.582. The predicted molar refractivity (Wildman–Crippen MR) is 92.9 cm³/mol. The van der Waals surface area contributed by atoms with Crippen LogP contribution in [0.5, 0.6) is 5.75 Å². The fourth-order valence-corrected chi connectivity index (χ4v) is 2.70. The number of hydrogen-bond donors (Lipinski definition) is 1. The van der Waals surface area contributed by atoms with Crippen LogP contribution in [-0.4, -0.2) is 13.0 Å². The van der Waals surface area contributed by atoms with Crippen LogP contribution in [0.1, 0.15) is 21.5 Å². The summed E-state index contributed by atoms with van der Waals surface area (Å²) in [5.41, 5.74) is 2.78. The van der Waals surface area contributed by atoms with Crippen LogP contribution in [0.3, 0.4) is 0 Å². The third-order valence-corrected chi connectivity index (χ3v) is 3.68. The normalized spacial score (nSPS) is 10.6. The van der Waals surface area contributed by atoms with Gasteiger partial charge in [0, 0.05) is 23.2 Å². The molecule has 0 radical (unpaired) electrons. The molecular formula is C19H17NO4. The molecule has 2 aromatic carbocycles. The number of carbonyl (C=O) groups excluding carboxylic acids is 1. The average molecular weight is 323 g/mol. The molecule has 1 aromatic heterocycles. The first-order valence-corrected chi connectivity index (χ1v) is 7.48. The van der Waals surface area contributed by atoms with Crippen LogP contribution in [0.4, 0.5) is 5.69 Å². The molecule has 3 aromatic rings. The molecule has 0 aliphatic heterocycles. The summed E-state index contributed by atoms with van der Waals surface area (Å²) in [6.07, 6.45) is 0. The summed E-state index contributed by atoms with van der Waals surface area (Å²) in [6.45, 7) is 3.92. The van der Waals surface area contributed by atoms with Crippen molar-refractivity contribution in [3.63, 3.8) is 0 Å². The van der Waals surface area contributed by atoms with Gasteiger partial charge in [0.25, 0.3) is 5.91 Å². The fourth-order valence-electron chi connectivity index (χ4n) is 2.70. The number of nitrogens with one attached hydrogen (secondary N) is 1. The largest absolute Gasteiger partial charge is 0.497 e. The van der Waals surface area contributed by atoms with Crippen LogP contribution < -0.4 is 15.7 Å². The van der Waals surface area contributed by atoms with Gasteiger partial charge < -0.3 is 14.5 Å². The molecule has 5 nitrogen and oxygen atoms in total. The predicted octanol–water partition coefficient (Wildman–Crippen LogP) is 3.67. The van der Waals surface area contributed by atoms with Crippen molar-refractivity contribution in [2.75, 3.05) is 12.4 Å². The summed E-state index contributed by atoms with van der Waals surface area (Å²) in [4.78, 5) is 24.4. The average Bonchev–Trinajstić information content (AvgIpc) is 2.52. The molecule has 0 fully saturated rings. The van der Waals surface area contributed by atoms with Crippen molar-refractivity contribution in [3.8, 4) is 5.75 Å². The van der Waals surface area contributed by atoms with E-state index in [0.717, 1.165) is 11.1 Å². The van der Waals surface area contributed by atoms with Crippen LogP contribution in [0.15, 0.2) is 51.7 Å². The smallest absolute Gasteiger partial charge is 0.337 e. The van der Waals surface area contributed by atoms with Crippen molar-refractivity contribution < 1.29 is 13.9 Å². The van der Waals surface area contributed by atoms with E-state index in [4.69, 9.17) is 9.15 Å². The van der Waals surface area contributed by atoms with E-state index >= 15 is 0 Å². The summed E-state index contributed by atoms with van der Waals surface area (Å²) < 4.78 is 10.3. The van der Waals surface area contributed by atoms with Crippen LogP contribution >= 0.6 is 0 Å². The highest BCUT2D eigenvalue weighted by Gasteiger charge is 2.14. The second-order valence-corrected chi connectivity index (χ2v) is 5.67. The number of ether oxygens (including phenoxy) is 1. The van der Waals surface area contributed by atoms with Crippen LogP contribution in [0.2, 0.25) is 0 Å². The van der Waals surface area contributed by atoms with Gasteiger partial charge in [-0.15, -0.1) is 0 Å². The van der Waals surface area contributed by atoms with Gasteiger partial charge in [-0.25, -0.2) is 4.79 Å². The lowest BCUT2D eigenvalue weighted by Gasteiger charge is -2.09. The highest BCUT2D eigenvalue weighted by molar-refractivity contribution is 6.12. The Hall–Kier alpha value is -3.08. The molecule has 5 heteroatoms. The first kappa shape index (κ1) is 15.8. The number of anilines is 1. The maximum absolute atomic E-state index is 12.6. The number of aryl methyl sites for hydroxylation is 2. The summed E-state index contributed by atoms with van der Waals surface area (Å²) in [5.74, 6) is 0.195. The van der Waals surface area contributed by atoms with Gasteiger partial charge >= 0.3 is 5.63 Å². The maximum Gasteiger partial charge on any atom is 0.337 e. The van der Waals surface area contributed by atoms with Gasteiger partial charge in [-0.2, -0.15) is 0 Å². The van der Waals surface area contributed by atoms with E-state index in [2.05, 4.69) is 5.32 Å². The second-order valence-electron chi connectivity index (χ2n) is 5.67. The highest BCUT2D eigenvalue weighted by atomic mass is 16.5. The fraction of sp³-hybridized carbons (Fsp3) is 0.158. The van der Waals surface area contributed by atoms with Gasteiger partial charge in [-0.05, 0) is 49.2 Å². The third kappa shape index (κ3) is 3.15. The Morgan fingerprint density at radius 3 is 2.42 bits per heavy atom. The standard InChI is InChI=1S/C19H17NO4/c1-11-6-12(2)8-13(7-11)20-19(22)16-10-18(21)24-17-9-14(23-3)4-5-15(16)17/h4-10H,1-3H3,(H,20,22). The Balaban J connectivity index is 2.04. The lowest BCUT2D eigenvalue weighted by molar-refractivity contribution is 0.102. The molecule has 0 unspecified atom stereocenters. The van der Waals surface area contributed by atoms with Crippen molar-refractivity contribution in [2.45, 2.75) is 13.8 Å². The Bertz CT molecular complexity index is 968. The summed E-state index contributed by atoms with van der Waals surface area (Å²) in [7, 11) is 1.52. The Kier molecular flexibility index (Phi) is 4.08. The van der Waals surface area contributed by atoms with E-state index in [9.17, 15) is 9.59 Å². The minimum Gasteiger partial charge on any atom is -0.497 e. The molecule has 1 amide bonds. The summed E-state index contributed by atoms with van der Waals surface area (Å²) in [6, 6.07) is 12.0. The topological polar surface area (TPSA) is 68.5 Å². The van der Waals surface area contributed by atoms with Crippen molar-refractivity contribution in [3.05, 3.63) is 69.6 Å². The van der Waals surface area contributed by atoms with E-state index in [1.807, 2.05) is 32.0 Å². The van der Waals surface area contributed by atoms with Crippen molar-refractivity contribution >= 4 is 22.6 Å². The summed E-state index contributed by atoms with van der Waals surface area (Å²) in [5, 5.41) is 3.39. The molecule has 0 saturated carbocycles. The first-order valence-electron chi connectivity index (χ1n) is 7.48. The van der Waals surface area contributed by atoms with E-state index < -0.39 is 5.63 Å².